The summed E-state index contributed by atoms with van der Waals surface area (Å²) in [5.74, 6) is 0. The number of hydrogen-bond acceptors (Lipinski definition) is 4. The normalized spacial score (nSPS) is 20.1. The van der Waals surface area contributed by atoms with Crippen molar-refractivity contribution in [1.82, 2.24) is 10.3 Å². The molecule has 1 N–H and O–H groups in total. The monoisotopic (exact) mass is 249 g/mol. The lowest BCUT2D eigenvalue weighted by molar-refractivity contribution is 0.0526. The van der Waals surface area contributed by atoms with E-state index in [9.17, 15) is 0 Å². The molecule has 1 atom stereocenters. The molecule has 2 heterocycles. The Morgan fingerprint density at radius 2 is 2.44 bits per heavy atom. The maximum Gasteiger partial charge on any atom is 0.0750 e. The molecule has 18 heavy (non-hydrogen) atoms. The van der Waals surface area contributed by atoms with E-state index in [0.717, 1.165) is 26.2 Å². The summed E-state index contributed by atoms with van der Waals surface area (Å²) in [6.45, 7) is 5.84. The van der Waals surface area contributed by atoms with Gasteiger partial charge in [-0.2, -0.15) is 0 Å². The number of aromatic nitrogens is 1. The van der Waals surface area contributed by atoms with Gasteiger partial charge in [0.15, 0.2) is 0 Å². The minimum absolute atomic E-state index is 0.374. The third kappa shape index (κ3) is 3.21. The zero-order valence-corrected chi connectivity index (χ0v) is 11.4. The van der Waals surface area contributed by atoms with Gasteiger partial charge in [-0.05, 0) is 32.9 Å². The molecule has 2 rings (SSSR count). The fraction of sp³-hybridized carbons (Fsp3) is 0.643. The minimum atomic E-state index is 0.374. The van der Waals surface area contributed by atoms with Gasteiger partial charge >= 0.3 is 0 Å². The van der Waals surface area contributed by atoms with Crippen molar-refractivity contribution in [1.29, 1.82) is 0 Å². The van der Waals surface area contributed by atoms with Crippen LogP contribution < -0.4 is 10.2 Å². The maximum atomic E-state index is 5.76. The molecule has 1 aliphatic rings. The summed E-state index contributed by atoms with van der Waals surface area (Å²) in [4.78, 5) is 6.64. The molecular formula is C14H23N3O. The molecule has 1 fully saturated rings. The Morgan fingerprint density at radius 1 is 1.56 bits per heavy atom. The molecule has 0 aromatic carbocycles. The highest BCUT2D eigenvalue weighted by Crippen LogP contribution is 2.24. The van der Waals surface area contributed by atoms with Crippen LogP contribution in [0.5, 0.6) is 0 Å². The van der Waals surface area contributed by atoms with E-state index >= 15 is 0 Å². The predicted octanol–water partition coefficient (Wildman–Crippen LogP) is 1.81. The Balaban J connectivity index is 2.10. The molecule has 1 aliphatic heterocycles. The maximum absolute atomic E-state index is 5.76. The Labute approximate surface area is 109 Å². The second-order valence-electron chi connectivity index (χ2n) is 4.70. The first-order valence-electron chi connectivity index (χ1n) is 6.79. The fourth-order valence-corrected chi connectivity index (χ4v) is 2.58. The van der Waals surface area contributed by atoms with Gasteiger partial charge < -0.3 is 15.0 Å². The lowest BCUT2D eigenvalue weighted by atomic mass is 10.1. The lowest BCUT2D eigenvalue weighted by Gasteiger charge is -2.35. The molecule has 0 radical (unpaired) electrons. The van der Waals surface area contributed by atoms with Gasteiger partial charge in [0.1, 0.15) is 0 Å². The van der Waals surface area contributed by atoms with Crippen LogP contribution in [0.2, 0.25) is 0 Å². The van der Waals surface area contributed by atoms with E-state index in [4.69, 9.17) is 4.74 Å². The summed E-state index contributed by atoms with van der Waals surface area (Å²) in [7, 11) is 1.97. The van der Waals surface area contributed by atoms with Gasteiger partial charge in [0.25, 0.3) is 0 Å². The molecule has 1 aromatic heterocycles. The summed E-state index contributed by atoms with van der Waals surface area (Å²) < 4.78 is 5.76. The molecule has 1 unspecified atom stereocenters. The molecule has 0 spiro atoms. The van der Waals surface area contributed by atoms with E-state index in [1.807, 2.05) is 19.4 Å². The summed E-state index contributed by atoms with van der Waals surface area (Å²) in [5.41, 5.74) is 2.56. The molecule has 1 aromatic rings. The summed E-state index contributed by atoms with van der Waals surface area (Å²) in [6.07, 6.45) is 6.58. The average molecular weight is 249 g/mol. The van der Waals surface area contributed by atoms with Crippen LogP contribution in [-0.2, 0) is 11.3 Å². The second kappa shape index (κ2) is 6.71. The van der Waals surface area contributed by atoms with Crippen LogP contribution in [-0.4, -0.2) is 37.8 Å². The number of piperidine rings is 1. The molecule has 4 heteroatoms. The van der Waals surface area contributed by atoms with Gasteiger partial charge in [0.2, 0.25) is 0 Å². The Hall–Kier alpha value is -1.13. The summed E-state index contributed by atoms with van der Waals surface area (Å²) >= 11 is 0. The standard InChI is InChI=1S/C14H23N3O/c1-3-18-13-5-4-8-17(11-13)14-6-7-16-10-12(14)9-15-2/h6-7,10,13,15H,3-5,8-9,11H2,1-2H3. The third-order valence-electron chi connectivity index (χ3n) is 3.37. The van der Waals surface area contributed by atoms with Crippen molar-refractivity contribution in [2.24, 2.45) is 0 Å². The molecule has 0 saturated carbocycles. The van der Waals surface area contributed by atoms with Crippen LogP contribution in [0, 0.1) is 0 Å². The smallest absolute Gasteiger partial charge is 0.0750 e. The van der Waals surface area contributed by atoms with Crippen LogP contribution in [0.1, 0.15) is 25.3 Å². The highest BCUT2D eigenvalue weighted by Gasteiger charge is 2.21. The summed E-state index contributed by atoms with van der Waals surface area (Å²) in [5, 5.41) is 3.20. The zero-order valence-electron chi connectivity index (χ0n) is 11.4. The van der Waals surface area contributed by atoms with Gasteiger partial charge in [-0.3, -0.25) is 4.98 Å². The average Bonchev–Trinajstić information content (AvgIpc) is 2.40. The molecule has 100 valence electrons. The number of rotatable bonds is 5. The van der Waals surface area contributed by atoms with Crippen molar-refractivity contribution >= 4 is 5.69 Å². The van der Waals surface area contributed by atoms with Crippen LogP contribution >= 0.6 is 0 Å². The van der Waals surface area contributed by atoms with Crippen LogP contribution in [0.15, 0.2) is 18.5 Å². The second-order valence-corrected chi connectivity index (χ2v) is 4.70. The van der Waals surface area contributed by atoms with E-state index in [-0.39, 0.29) is 0 Å². The first kappa shape index (κ1) is 13.3. The largest absolute Gasteiger partial charge is 0.377 e. The van der Waals surface area contributed by atoms with Gasteiger partial charge in [-0.1, -0.05) is 0 Å². The molecule has 1 saturated heterocycles. The van der Waals surface area contributed by atoms with E-state index in [0.29, 0.717) is 6.10 Å². The highest BCUT2D eigenvalue weighted by molar-refractivity contribution is 5.52. The van der Waals surface area contributed by atoms with Gasteiger partial charge in [0, 0.05) is 49.9 Å². The Morgan fingerprint density at radius 3 is 3.22 bits per heavy atom. The molecule has 0 aliphatic carbocycles. The van der Waals surface area contributed by atoms with Gasteiger partial charge in [0.05, 0.1) is 6.10 Å². The Bertz CT molecular complexity index is 368. The van der Waals surface area contributed by atoms with Crippen LogP contribution in [0.3, 0.4) is 0 Å². The molecular weight excluding hydrogens is 226 g/mol. The van der Waals surface area contributed by atoms with Crippen molar-refractivity contribution in [3.05, 3.63) is 24.0 Å². The molecule has 4 nitrogen and oxygen atoms in total. The SMILES string of the molecule is CCOC1CCCN(c2ccncc2CNC)C1. The fourth-order valence-electron chi connectivity index (χ4n) is 2.58. The number of ether oxygens (including phenoxy) is 1. The predicted molar refractivity (Wildman–Crippen MR) is 73.9 cm³/mol. The third-order valence-corrected chi connectivity index (χ3v) is 3.37. The van der Waals surface area contributed by atoms with E-state index < -0.39 is 0 Å². The lowest BCUT2D eigenvalue weighted by Crippen LogP contribution is -2.40. The highest BCUT2D eigenvalue weighted by atomic mass is 16.5. The number of pyridine rings is 1. The topological polar surface area (TPSA) is 37.4 Å². The minimum Gasteiger partial charge on any atom is -0.377 e. The number of nitrogens with one attached hydrogen (secondary N) is 1. The van der Waals surface area contributed by atoms with Crippen molar-refractivity contribution in [3.63, 3.8) is 0 Å². The van der Waals surface area contributed by atoms with E-state index in [1.165, 1.54) is 24.1 Å². The first-order chi connectivity index (χ1) is 8.85. The van der Waals surface area contributed by atoms with Crippen molar-refractivity contribution < 1.29 is 4.74 Å². The Kier molecular flexibility index (Phi) is 4.96. The summed E-state index contributed by atoms with van der Waals surface area (Å²) in [6, 6.07) is 2.11. The number of anilines is 1. The number of nitrogens with zero attached hydrogens (tertiary/aromatic N) is 2. The van der Waals surface area contributed by atoms with Crippen molar-refractivity contribution in [2.75, 3.05) is 31.6 Å². The van der Waals surface area contributed by atoms with E-state index in [1.54, 1.807) is 0 Å². The quantitative estimate of drug-likeness (QED) is 0.863. The van der Waals surface area contributed by atoms with E-state index in [2.05, 4.69) is 28.2 Å². The zero-order chi connectivity index (χ0) is 12.8. The van der Waals surface area contributed by atoms with Crippen molar-refractivity contribution in [2.45, 2.75) is 32.4 Å². The van der Waals surface area contributed by atoms with Gasteiger partial charge in [-0.25, -0.2) is 0 Å². The number of hydrogen-bond donors (Lipinski definition) is 1. The van der Waals surface area contributed by atoms with Crippen molar-refractivity contribution in [3.8, 4) is 0 Å². The molecule has 0 bridgehead atoms. The van der Waals surface area contributed by atoms with Crippen LogP contribution in [0.4, 0.5) is 5.69 Å². The molecule has 0 amide bonds. The first-order valence-corrected chi connectivity index (χ1v) is 6.79. The van der Waals surface area contributed by atoms with Crippen LogP contribution in [0.25, 0.3) is 0 Å². The van der Waals surface area contributed by atoms with Gasteiger partial charge in [-0.15, -0.1) is 0 Å².